The predicted octanol–water partition coefficient (Wildman–Crippen LogP) is 2.81. The van der Waals surface area contributed by atoms with Crippen LogP contribution in [0.25, 0.3) is 0 Å². The zero-order valence-electron chi connectivity index (χ0n) is 11.5. The van der Waals surface area contributed by atoms with E-state index in [2.05, 4.69) is 10.3 Å². The van der Waals surface area contributed by atoms with Crippen LogP contribution in [0.4, 0.5) is 0 Å². The number of halogens is 2. The summed E-state index contributed by atoms with van der Waals surface area (Å²) in [6.45, 7) is 2.57. The molecule has 0 aliphatic heterocycles. The van der Waals surface area contributed by atoms with Crippen molar-refractivity contribution >= 4 is 23.2 Å². The Balaban J connectivity index is 2.88. The third-order valence-electron chi connectivity index (χ3n) is 3.19. The van der Waals surface area contributed by atoms with Crippen LogP contribution < -0.4 is 14.8 Å². The van der Waals surface area contributed by atoms with E-state index in [1.807, 2.05) is 6.92 Å². The molecule has 4 nitrogen and oxygen atoms in total. The number of alkyl halides is 2. The van der Waals surface area contributed by atoms with Gasteiger partial charge in [0.15, 0.2) is 11.5 Å². The molecule has 19 heavy (non-hydrogen) atoms. The Labute approximate surface area is 124 Å². The van der Waals surface area contributed by atoms with Gasteiger partial charge in [-0.15, -0.1) is 23.2 Å². The van der Waals surface area contributed by atoms with Gasteiger partial charge in [-0.3, -0.25) is 4.98 Å². The van der Waals surface area contributed by atoms with Crippen molar-refractivity contribution in [3.63, 3.8) is 0 Å². The smallest absolute Gasteiger partial charge is 0.183 e. The summed E-state index contributed by atoms with van der Waals surface area (Å²) in [5, 5.41) is 3.36. The molecule has 1 aromatic rings. The molecule has 108 valence electrons. The molecule has 0 aliphatic rings. The van der Waals surface area contributed by atoms with Gasteiger partial charge in [0.1, 0.15) is 0 Å². The van der Waals surface area contributed by atoms with Crippen molar-refractivity contribution in [2.75, 3.05) is 26.0 Å². The molecule has 6 heteroatoms. The maximum Gasteiger partial charge on any atom is 0.183 e. The third-order valence-corrected chi connectivity index (χ3v) is 4.21. The lowest BCUT2D eigenvalue weighted by atomic mass is 10.0. The Kier molecular flexibility index (Phi) is 6.69. The second-order valence-electron chi connectivity index (χ2n) is 4.25. The highest BCUT2D eigenvalue weighted by molar-refractivity contribution is 6.22. The summed E-state index contributed by atoms with van der Waals surface area (Å²) in [6.07, 6.45) is 2.53. The maximum atomic E-state index is 6.00. The number of hydrogen-bond donors (Lipinski definition) is 1. The van der Waals surface area contributed by atoms with E-state index in [1.54, 1.807) is 26.5 Å². The van der Waals surface area contributed by atoms with Crippen LogP contribution >= 0.6 is 23.2 Å². The monoisotopic (exact) mass is 306 g/mol. The lowest BCUT2D eigenvalue weighted by Crippen LogP contribution is -2.48. The minimum Gasteiger partial charge on any atom is -0.493 e. The number of aromatic nitrogens is 1. The van der Waals surface area contributed by atoms with Crippen LogP contribution in [-0.4, -0.2) is 36.5 Å². The van der Waals surface area contributed by atoms with Crippen LogP contribution in [0.15, 0.2) is 12.3 Å². The van der Waals surface area contributed by atoms with Crippen molar-refractivity contribution < 1.29 is 9.47 Å². The average Bonchev–Trinajstić information content (AvgIpc) is 2.48. The number of nitrogens with one attached hydrogen (secondary N) is 1. The molecule has 1 rings (SSSR count). The zero-order chi connectivity index (χ0) is 14.3. The summed E-state index contributed by atoms with van der Waals surface area (Å²) in [5.41, 5.74) is 0.480. The number of pyridine rings is 1. The molecule has 0 bridgehead atoms. The van der Waals surface area contributed by atoms with E-state index in [-0.39, 0.29) is 5.54 Å². The molecule has 0 amide bonds. The van der Waals surface area contributed by atoms with Crippen molar-refractivity contribution in [1.82, 2.24) is 10.3 Å². The van der Waals surface area contributed by atoms with Crippen molar-refractivity contribution in [3.8, 4) is 11.5 Å². The summed E-state index contributed by atoms with van der Waals surface area (Å²) >= 11 is 12.0. The van der Waals surface area contributed by atoms with Gasteiger partial charge in [-0.25, -0.2) is 0 Å². The van der Waals surface area contributed by atoms with E-state index < -0.39 is 0 Å². The number of hydrogen-bond acceptors (Lipinski definition) is 4. The molecular formula is C13H20Cl2N2O2. The molecule has 0 aliphatic carbocycles. The third kappa shape index (κ3) is 3.88. The second kappa shape index (κ2) is 7.78. The fraction of sp³-hybridized carbons (Fsp3) is 0.615. The summed E-state index contributed by atoms with van der Waals surface area (Å²) in [6, 6.07) is 1.76. The van der Waals surface area contributed by atoms with Crippen molar-refractivity contribution in [3.05, 3.63) is 18.0 Å². The number of methoxy groups -OCH3 is 2. The second-order valence-corrected chi connectivity index (χ2v) is 4.78. The van der Waals surface area contributed by atoms with Crippen LogP contribution in [0, 0.1) is 0 Å². The highest BCUT2D eigenvalue weighted by Crippen LogP contribution is 2.29. The van der Waals surface area contributed by atoms with E-state index in [1.165, 1.54) is 0 Å². The van der Waals surface area contributed by atoms with Crippen molar-refractivity contribution in [2.24, 2.45) is 0 Å². The quantitative estimate of drug-likeness (QED) is 0.750. The normalized spacial score (nSPS) is 11.4. The highest BCUT2D eigenvalue weighted by Gasteiger charge is 2.26. The Bertz CT molecular complexity index is 390. The minimum atomic E-state index is -0.293. The molecule has 0 saturated heterocycles. The summed E-state index contributed by atoms with van der Waals surface area (Å²) in [4.78, 5) is 4.31. The lowest BCUT2D eigenvalue weighted by Gasteiger charge is -2.29. The Hall–Kier alpha value is -0.710. The van der Waals surface area contributed by atoms with Gasteiger partial charge in [-0.05, 0) is 6.42 Å². The Morgan fingerprint density at radius 2 is 1.95 bits per heavy atom. The van der Waals surface area contributed by atoms with E-state index in [0.29, 0.717) is 29.8 Å². The minimum absolute atomic E-state index is 0.293. The molecule has 1 N–H and O–H groups in total. The molecule has 0 radical (unpaired) electrons. The molecule has 1 heterocycles. The first-order valence-electron chi connectivity index (χ1n) is 6.09. The fourth-order valence-electron chi connectivity index (χ4n) is 1.69. The maximum absolute atomic E-state index is 6.00. The molecule has 1 aromatic heterocycles. The van der Waals surface area contributed by atoms with Gasteiger partial charge >= 0.3 is 0 Å². The van der Waals surface area contributed by atoms with E-state index in [9.17, 15) is 0 Å². The standard InChI is InChI=1S/C13H20Cl2N2O2/c1-4-13(8-14,9-15)17-7-10-12(19-3)11(18-2)5-6-16-10/h5-6,17H,4,7-9H2,1-3H3. The Morgan fingerprint density at radius 3 is 2.42 bits per heavy atom. The Morgan fingerprint density at radius 1 is 1.26 bits per heavy atom. The molecule has 0 unspecified atom stereocenters. The van der Waals surface area contributed by atoms with Gasteiger partial charge in [0.2, 0.25) is 0 Å². The fourth-order valence-corrected chi connectivity index (χ4v) is 2.54. The highest BCUT2D eigenvalue weighted by atomic mass is 35.5. The van der Waals surface area contributed by atoms with Gasteiger partial charge < -0.3 is 14.8 Å². The zero-order valence-corrected chi connectivity index (χ0v) is 13.0. The first-order valence-corrected chi connectivity index (χ1v) is 7.16. The van der Waals surface area contributed by atoms with Gasteiger partial charge in [-0.1, -0.05) is 6.92 Å². The van der Waals surface area contributed by atoms with Crippen LogP contribution in [0.1, 0.15) is 19.0 Å². The number of rotatable bonds is 8. The number of nitrogens with zero attached hydrogens (tertiary/aromatic N) is 1. The van der Waals surface area contributed by atoms with Crippen LogP contribution in [0.2, 0.25) is 0 Å². The molecule has 0 spiro atoms. The molecule has 0 saturated carbocycles. The van der Waals surface area contributed by atoms with Crippen LogP contribution in [0.5, 0.6) is 11.5 Å². The molecule has 0 atom stereocenters. The predicted molar refractivity (Wildman–Crippen MR) is 78.6 cm³/mol. The molecule has 0 aromatic carbocycles. The summed E-state index contributed by atoms with van der Waals surface area (Å²) in [5.74, 6) is 2.18. The molecule has 0 fully saturated rings. The van der Waals surface area contributed by atoms with Gasteiger partial charge in [-0.2, -0.15) is 0 Å². The number of ether oxygens (including phenoxy) is 2. The van der Waals surface area contributed by atoms with E-state index >= 15 is 0 Å². The summed E-state index contributed by atoms with van der Waals surface area (Å²) in [7, 11) is 3.20. The lowest BCUT2D eigenvalue weighted by molar-refractivity contribution is 0.339. The van der Waals surface area contributed by atoms with Gasteiger partial charge in [0.05, 0.1) is 19.9 Å². The van der Waals surface area contributed by atoms with Crippen LogP contribution in [0.3, 0.4) is 0 Å². The van der Waals surface area contributed by atoms with E-state index in [0.717, 1.165) is 12.1 Å². The SMILES string of the molecule is CCC(CCl)(CCl)NCc1nccc(OC)c1OC. The van der Waals surface area contributed by atoms with Crippen molar-refractivity contribution in [1.29, 1.82) is 0 Å². The molecular weight excluding hydrogens is 287 g/mol. The van der Waals surface area contributed by atoms with Gasteiger partial charge in [0.25, 0.3) is 0 Å². The van der Waals surface area contributed by atoms with Gasteiger partial charge in [0, 0.05) is 36.1 Å². The summed E-state index contributed by atoms with van der Waals surface area (Å²) < 4.78 is 10.6. The average molecular weight is 307 g/mol. The van der Waals surface area contributed by atoms with Crippen molar-refractivity contribution in [2.45, 2.75) is 25.4 Å². The topological polar surface area (TPSA) is 43.4 Å². The van der Waals surface area contributed by atoms with E-state index in [4.69, 9.17) is 32.7 Å². The largest absolute Gasteiger partial charge is 0.493 e. The first-order chi connectivity index (χ1) is 9.16. The first kappa shape index (κ1) is 16.3. The van der Waals surface area contributed by atoms with Crippen LogP contribution in [-0.2, 0) is 6.54 Å².